The summed E-state index contributed by atoms with van der Waals surface area (Å²) in [6, 6.07) is 16.2. The average molecular weight is 320 g/mol. The van der Waals surface area contributed by atoms with Gasteiger partial charge in [-0.25, -0.2) is 0 Å². The van der Waals surface area contributed by atoms with E-state index in [1.165, 1.54) is 11.1 Å². The molecule has 2 aromatic carbocycles. The maximum absolute atomic E-state index is 5.98. The molecule has 0 amide bonds. The van der Waals surface area contributed by atoms with Crippen LogP contribution in [0, 0.1) is 0 Å². The van der Waals surface area contributed by atoms with Gasteiger partial charge in [-0.2, -0.15) is 0 Å². The third kappa shape index (κ3) is 3.82. The average Bonchev–Trinajstić information content (AvgIpc) is 2.44. The molecule has 1 atom stereocenters. The van der Waals surface area contributed by atoms with E-state index in [4.69, 9.17) is 10.5 Å². The topological polar surface area (TPSA) is 35.2 Å². The van der Waals surface area contributed by atoms with Crippen LogP contribution in [-0.2, 0) is 6.42 Å². The van der Waals surface area contributed by atoms with E-state index in [0.717, 1.165) is 16.6 Å². The second-order valence-electron chi connectivity index (χ2n) is 4.46. The van der Waals surface area contributed by atoms with Crippen molar-refractivity contribution in [1.29, 1.82) is 0 Å². The molecule has 100 valence electrons. The van der Waals surface area contributed by atoms with Crippen LogP contribution in [0.5, 0.6) is 5.75 Å². The van der Waals surface area contributed by atoms with Crippen molar-refractivity contribution < 1.29 is 4.74 Å². The zero-order chi connectivity index (χ0) is 13.7. The molecular formula is C16H18BrNO. The zero-order valence-corrected chi connectivity index (χ0v) is 12.6. The Labute approximate surface area is 122 Å². The first-order valence-corrected chi connectivity index (χ1v) is 7.20. The molecule has 0 saturated heterocycles. The van der Waals surface area contributed by atoms with Gasteiger partial charge >= 0.3 is 0 Å². The summed E-state index contributed by atoms with van der Waals surface area (Å²) in [6.45, 7) is 2.69. The number of hydrogen-bond acceptors (Lipinski definition) is 2. The van der Waals surface area contributed by atoms with Gasteiger partial charge < -0.3 is 10.5 Å². The molecule has 2 aromatic rings. The van der Waals surface area contributed by atoms with Gasteiger partial charge in [0.25, 0.3) is 0 Å². The maximum Gasteiger partial charge on any atom is 0.121 e. The second-order valence-corrected chi connectivity index (χ2v) is 5.32. The number of rotatable bonds is 5. The van der Waals surface area contributed by atoms with Gasteiger partial charge in [0.05, 0.1) is 0 Å². The van der Waals surface area contributed by atoms with Crippen molar-refractivity contribution in [1.82, 2.24) is 0 Å². The molecule has 0 radical (unpaired) electrons. The zero-order valence-electron chi connectivity index (χ0n) is 11.0. The highest BCUT2D eigenvalue weighted by Gasteiger charge is 2.08. The molecular weight excluding hydrogens is 302 g/mol. The van der Waals surface area contributed by atoms with Crippen molar-refractivity contribution in [2.24, 2.45) is 5.73 Å². The minimum atomic E-state index is 0.0353. The van der Waals surface area contributed by atoms with E-state index in [2.05, 4.69) is 41.1 Å². The molecule has 0 spiro atoms. The van der Waals surface area contributed by atoms with Crippen LogP contribution in [0.1, 0.15) is 24.2 Å². The highest BCUT2D eigenvalue weighted by molar-refractivity contribution is 9.10. The minimum absolute atomic E-state index is 0.0353. The molecule has 0 aliphatic rings. The second kappa shape index (κ2) is 6.73. The van der Waals surface area contributed by atoms with E-state index < -0.39 is 0 Å². The Kier molecular flexibility index (Phi) is 5.00. The molecule has 2 nitrogen and oxygen atoms in total. The Morgan fingerprint density at radius 2 is 1.89 bits per heavy atom. The summed E-state index contributed by atoms with van der Waals surface area (Å²) in [5, 5.41) is 0. The number of ether oxygens (including phenoxy) is 1. The van der Waals surface area contributed by atoms with Gasteiger partial charge in [0, 0.05) is 4.47 Å². The van der Waals surface area contributed by atoms with Gasteiger partial charge in [0.1, 0.15) is 11.9 Å². The fourth-order valence-corrected chi connectivity index (χ4v) is 2.41. The van der Waals surface area contributed by atoms with E-state index in [9.17, 15) is 0 Å². The van der Waals surface area contributed by atoms with Crippen LogP contribution in [0.25, 0.3) is 0 Å². The molecule has 0 fully saturated rings. The standard InChI is InChI=1S/C16H18BrNO/c1-12(13-5-3-2-4-6-13)19-15-7-8-16(17)14(11-15)9-10-18/h2-8,11-12H,9-10,18H2,1H3. The summed E-state index contributed by atoms with van der Waals surface area (Å²) < 4.78 is 7.06. The lowest BCUT2D eigenvalue weighted by molar-refractivity contribution is 0.226. The predicted molar refractivity (Wildman–Crippen MR) is 82.4 cm³/mol. The molecule has 0 aromatic heterocycles. The molecule has 1 unspecified atom stereocenters. The number of benzene rings is 2. The lowest BCUT2D eigenvalue weighted by Crippen LogP contribution is -2.05. The van der Waals surface area contributed by atoms with Crippen LogP contribution in [-0.4, -0.2) is 6.54 Å². The Balaban J connectivity index is 2.13. The van der Waals surface area contributed by atoms with Gasteiger partial charge in [-0.05, 0) is 49.2 Å². The predicted octanol–water partition coefficient (Wildman–Crippen LogP) is 4.09. The Morgan fingerprint density at radius 3 is 2.58 bits per heavy atom. The monoisotopic (exact) mass is 319 g/mol. The number of hydrogen-bond donors (Lipinski definition) is 1. The van der Waals surface area contributed by atoms with Gasteiger partial charge in [0.15, 0.2) is 0 Å². The molecule has 0 aliphatic carbocycles. The van der Waals surface area contributed by atoms with Crippen molar-refractivity contribution in [3.63, 3.8) is 0 Å². The van der Waals surface area contributed by atoms with E-state index in [1.807, 2.05) is 30.3 Å². The lowest BCUT2D eigenvalue weighted by Gasteiger charge is -2.16. The van der Waals surface area contributed by atoms with Crippen LogP contribution in [0.15, 0.2) is 53.0 Å². The third-order valence-electron chi connectivity index (χ3n) is 3.01. The van der Waals surface area contributed by atoms with Gasteiger partial charge in [-0.3, -0.25) is 0 Å². The van der Waals surface area contributed by atoms with E-state index >= 15 is 0 Å². The van der Waals surface area contributed by atoms with Crippen molar-refractivity contribution >= 4 is 15.9 Å². The summed E-state index contributed by atoms with van der Waals surface area (Å²) in [5.41, 5.74) is 7.96. The SMILES string of the molecule is CC(Oc1ccc(Br)c(CCN)c1)c1ccccc1. The fourth-order valence-electron chi connectivity index (χ4n) is 1.97. The van der Waals surface area contributed by atoms with Crippen molar-refractivity contribution in [3.05, 3.63) is 64.1 Å². The largest absolute Gasteiger partial charge is 0.486 e. The van der Waals surface area contributed by atoms with Crippen LogP contribution >= 0.6 is 15.9 Å². The van der Waals surface area contributed by atoms with Crippen LogP contribution in [0.4, 0.5) is 0 Å². The Morgan fingerprint density at radius 1 is 1.16 bits per heavy atom. The first kappa shape index (κ1) is 14.1. The summed E-state index contributed by atoms with van der Waals surface area (Å²) in [5.74, 6) is 0.878. The first-order chi connectivity index (χ1) is 9.20. The molecule has 0 aliphatic heterocycles. The molecule has 19 heavy (non-hydrogen) atoms. The van der Waals surface area contributed by atoms with E-state index in [1.54, 1.807) is 0 Å². The van der Waals surface area contributed by atoms with Gasteiger partial charge in [-0.15, -0.1) is 0 Å². The molecule has 0 heterocycles. The highest BCUT2D eigenvalue weighted by Crippen LogP contribution is 2.26. The number of halogens is 1. The quantitative estimate of drug-likeness (QED) is 0.900. The van der Waals surface area contributed by atoms with Crippen molar-refractivity contribution in [3.8, 4) is 5.75 Å². The van der Waals surface area contributed by atoms with Crippen LogP contribution < -0.4 is 10.5 Å². The summed E-state index contributed by atoms with van der Waals surface area (Å²) >= 11 is 3.53. The van der Waals surface area contributed by atoms with Crippen LogP contribution in [0.3, 0.4) is 0 Å². The summed E-state index contributed by atoms with van der Waals surface area (Å²) in [4.78, 5) is 0. The van der Waals surface area contributed by atoms with Gasteiger partial charge in [0.2, 0.25) is 0 Å². The maximum atomic E-state index is 5.98. The van der Waals surface area contributed by atoms with Crippen molar-refractivity contribution in [2.75, 3.05) is 6.54 Å². The Hall–Kier alpha value is -1.32. The Bertz CT molecular complexity index is 528. The fraction of sp³-hybridized carbons (Fsp3) is 0.250. The summed E-state index contributed by atoms with van der Waals surface area (Å²) in [7, 11) is 0. The van der Waals surface area contributed by atoms with Gasteiger partial charge in [-0.1, -0.05) is 46.3 Å². The van der Waals surface area contributed by atoms with Crippen molar-refractivity contribution in [2.45, 2.75) is 19.4 Å². The summed E-state index contributed by atoms with van der Waals surface area (Å²) in [6.07, 6.45) is 0.880. The smallest absolute Gasteiger partial charge is 0.121 e. The molecule has 2 rings (SSSR count). The lowest BCUT2D eigenvalue weighted by atomic mass is 10.1. The molecule has 3 heteroatoms. The number of nitrogens with two attached hydrogens (primary N) is 1. The first-order valence-electron chi connectivity index (χ1n) is 6.41. The molecule has 2 N–H and O–H groups in total. The minimum Gasteiger partial charge on any atom is -0.486 e. The van der Waals surface area contributed by atoms with Crippen LogP contribution in [0.2, 0.25) is 0 Å². The normalized spacial score (nSPS) is 12.2. The van der Waals surface area contributed by atoms with E-state index in [0.29, 0.717) is 6.54 Å². The third-order valence-corrected chi connectivity index (χ3v) is 3.79. The molecule has 0 bridgehead atoms. The van der Waals surface area contributed by atoms with E-state index in [-0.39, 0.29) is 6.10 Å². The molecule has 0 saturated carbocycles. The highest BCUT2D eigenvalue weighted by atomic mass is 79.9.